The lowest BCUT2D eigenvalue weighted by Crippen LogP contribution is -2.39. The molecule has 41 heavy (non-hydrogen) atoms. The van der Waals surface area contributed by atoms with E-state index in [0.29, 0.717) is 11.3 Å². The van der Waals surface area contributed by atoms with Crippen LogP contribution in [0.4, 0.5) is 23.4 Å². The van der Waals surface area contributed by atoms with Crippen LogP contribution in [0.25, 0.3) is 5.65 Å². The second kappa shape index (κ2) is 10.2. The maximum Gasteiger partial charge on any atom is 0.277 e. The van der Waals surface area contributed by atoms with Crippen LogP contribution in [-0.2, 0) is 4.79 Å². The Labute approximate surface area is 231 Å². The van der Waals surface area contributed by atoms with Crippen molar-refractivity contribution in [3.8, 4) is 0 Å². The largest absolute Gasteiger partial charge is 0.379 e. The molecule has 0 aliphatic heterocycles. The fourth-order valence-corrected chi connectivity index (χ4v) is 5.95. The topological polar surface area (TPSA) is 153 Å². The number of rotatable bonds is 9. The summed E-state index contributed by atoms with van der Waals surface area (Å²) in [5.74, 6) is -7.03. The minimum absolute atomic E-state index is 0.0510. The minimum Gasteiger partial charge on any atom is -0.379 e. The van der Waals surface area contributed by atoms with Gasteiger partial charge in [-0.25, -0.2) is 31.7 Å². The normalized spacial score (nSPS) is 22.1. The molecule has 15 heteroatoms. The highest BCUT2D eigenvalue weighted by Crippen LogP contribution is 2.45. The van der Waals surface area contributed by atoms with Gasteiger partial charge in [0, 0.05) is 32.1 Å². The lowest BCUT2D eigenvalue weighted by Gasteiger charge is -2.34. The Bertz CT molecular complexity index is 1440. The molecule has 2 amide bonds. The molecule has 3 aromatic heterocycles. The van der Waals surface area contributed by atoms with Crippen molar-refractivity contribution in [2.75, 3.05) is 5.73 Å². The number of nitrogens with zero attached hydrogens (tertiary/aromatic N) is 5. The van der Waals surface area contributed by atoms with Crippen LogP contribution in [0, 0.1) is 17.8 Å². The number of nitrogens with one attached hydrogen (secondary N) is 2. The second-order valence-corrected chi connectivity index (χ2v) is 11.6. The van der Waals surface area contributed by atoms with Gasteiger partial charge in [0.2, 0.25) is 29.3 Å². The highest BCUT2D eigenvalue weighted by atomic mass is 19.3. The van der Waals surface area contributed by atoms with Crippen LogP contribution >= 0.6 is 0 Å². The molecule has 2 atom stereocenters. The molecule has 0 spiro atoms. The van der Waals surface area contributed by atoms with E-state index in [-0.39, 0.29) is 86.2 Å². The van der Waals surface area contributed by atoms with Gasteiger partial charge in [0.05, 0.1) is 30.2 Å². The van der Waals surface area contributed by atoms with Gasteiger partial charge in [0.1, 0.15) is 0 Å². The fourth-order valence-electron chi connectivity index (χ4n) is 5.95. The number of anilines is 1. The number of nitrogens with two attached hydrogens (primary N) is 1. The van der Waals surface area contributed by atoms with E-state index in [9.17, 15) is 27.2 Å². The Morgan fingerprint density at radius 1 is 1.02 bits per heavy atom. The van der Waals surface area contributed by atoms with Gasteiger partial charge < -0.3 is 16.4 Å². The molecule has 3 fully saturated rings. The molecular weight excluding hydrogens is 548 g/mol. The highest BCUT2D eigenvalue weighted by molar-refractivity contribution is 5.96. The predicted molar refractivity (Wildman–Crippen MR) is 135 cm³/mol. The number of nitrogen functional groups attached to an aromatic ring is 1. The predicted octanol–water partition coefficient (Wildman–Crippen LogP) is 3.99. The standard InChI is InChI=1S/C26H30F4N8O3/c27-25(28)5-3-15(4-6-25)21(35-24(40)22-23(31)37-41-36-22)17-12-38-18(33-17)8-16(11-32-38)20(14-1-2-14)34-19(39)7-13-9-26(29,30)10-13/h8,11-15,20-21H,1-7,9-10H2,(H2,31,37)(H,34,39)(H,35,40)/t20?,21-/m0/s1. The summed E-state index contributed by atoms with van der Waals surface area (Å²) in [6.07, 6.45) is 4.30. The van der Waals surface area contributed by atoms with Crippen molar-refractivity contribution in [3.63, 3.8) is 0 Å². The molecule has 3 aliphatic rings. The van der Waals surface area contributed by atoms with Crippen LogP contribution in [0.15, 0.2) is 23.1 Å². The molecule has 0 radical (unpaired) electrons. The van der Waals surface area contributed by atoms with Crippen molar-refractivity contribution in [3.05, 3.63) is 35.4 Å². The second-order valence-electron chi connectivity index (χ2n) is 11.6. The molecule has 0 saturated heterocycles. The van der Waals surface area contributed by atoms with Gasteiger partial charge >= 0.3 is 0 Å². The van der Waals surface area contributed by atoms with E-state index in [1.165, 1.54) is 4.52 Å². The minimum atomic E-state index is -2.76. The SMILES string of the molecule is Nc1nonc1C(=O)N[C@H](c1cn2ncc(C(NC(=O)CC3CC(F)(F)C3)C3CC3)cc2n1)C1CCC(F)(F)CC1. The van der Waals surface area contributed by atoms with Crippen LogP contribution in [-0.4, -0.2) is 48.6 Å². The van der Waals surface area contributed by atoms with E-state index in [1.54, 1.807) is 18.5 Å². The quantitative estimate of drug-likeness (QED) is 0.322. The molecule has 220 valence electrons. The number of halogens is 4. The van der Waals surface area contributed by atoms with E-state index < -0.39 is 23.8 Å². The van der Waals surface area contributed by atoms with Gasteiger partial charge in [-0.05, 0) is 65.4 Å². The molecule has 3 heterocycles. The molecule has 1 unspecified atom stereocenters. The van der Waals surface area contributed by atoms with Gasteiger partial charge in [-0.2, -0.15) is 5.10 Å². The first-order valence-corrected chi connectivity index (χ1v) is 13.8. The van der Waals surface area contributed by atoms with Crippen molar-refractivity contribution in [2.45, 2.75) is 81.7 Å². The number of amides is 2. The van der Waals surface area contributed by atoms with E-state index in [2.05, 4.69) is 35.7 Å². The van der Waals surface area contributed by atoms with Gasteiger partial charge in [-0.3, -0.25) is 9.59 Å². The van der Waals surface area contributed by atoms with Crippen molar-refractivity contribution in [2.24, 2.45) is 17.8 Å². The summed E-state index contributed by atoms with van der Waals surface area (Å²) >= 11 is 0. The third-order valence-corrected chi connectivity index (χ3v) is 8.35. The Hall–Kier alpha value is -3.78. The van der Waals surface area contributed by atoms with Gasteiger partial charge in [0.25, 0.3) is 5.91 Å². The number of imidazole rings is 1. The summed E-state index contributed by atoms with van der Waals surface area (Å²) in [6.45, 7) is 0. The molecule has 3 saturated carbocycles. The Morgan fingerprint density at radius 3 is 2.37 bits per heavy atom. The molecule has 4 N–H and O–H groups in total. The number of fused-ring (bicyclic) bond motifs is 1. The monoisotopic (exact) mass is 578 g/mol. The lowest BCUT2D eigenvalue weighted by atomic mass is 9.79. The maximum atomic E-state index is 13.9. The molecule has 6 rings (SSSR count). The van der Waals surface area contributed by atoms with Crippen molar-refractivity contribution >= 4 is 23.3 Å². The maximum absolute atomic E-state index is 13.9. The first kappa shape index (κ1) is 27.4. The zero-order valence-corrected chi connectivity index (χ0v) is 22.0. The molecule has 0 aromatic carbocycles. The van der Waals surface area contributed by atoms with E-state index in [4.69, 9.17) is 5.73 Å². The highest BCUT2D eigenvalue weighted by Gasteiger charge is 2.46. The average molecular weight is 579 g/mol. The molecule has 11 nitrogen and oxygen atoms in total. The van der Waals surface area contributed by atoms with Crippen molar-refractivity contribution < 1.29 is 31.8 Å². The average Bonchev–Trinajstić information content (AvgIpc) is 3.50. The zero-order valence-electron chi connectivity index (χ0n) is 22.0. The van der Waals surface area contributed by atoms with Crippen LogP contribution in [0.1, 0.15) is 91.6 Å². The number of carbonyl (C=O) groups is 2. The Kier molecular flexibility index (Phi) is 6.85. The number of alkyl halides is 4. The summed E-state index contributed by atoms with van der Waals surface area (Å²) in [5.41, 5.74) is 7.05. The number of hydrogen-bond donors (Lipinski definition) is 3. The Morgan fingerprint density at radius 2 is 1.73 bits per heavy atom. The molecule has 0 bridgehead atoms. The van der Waals surface area contributed by atoms with Crippen molar-refractivity contribution in [1.29, 1.82) is 0 Å². The molecular formula is C26H30F4N8O3. The lowest BCUT2D eigenvalue weighted by molar-refractivity contribution is -0.134. The van der Waals surface area contributed by atoms with Gasteiger partial charge in [-0.15, -0.1) is 0 Å². The van der Waals surface area contributed by atoms with Crippen LogP contribution in [0.5, 0.6) is 0 Å². The van der Waals surface area contributed by atoms with Crippen molar-refractivity contribution in [1.82, 2.24) is 35.5 Å². The third-order valence-electron chi connectivity index (χ3n) is 8.35. The number of hydrogen-bond acceptors (Lipinski definition) is 8. The smallest absolute Gasteiger partial charge is 0.277 e. The Balaban J connectivity index is 1.23. The summed E-state index contributed by atoms with van der Waals surface area (Å²) in [7, 11) is 0. The number of carbonyl (C=O) groups excluding carboxylic acids is 2. The van der Waals surface area contributed by atoms with Crippen LogP contribution in [0.2, 0.25) is 0 Å². The van der Waals surface area contributed by atoms with Crippen LogP contribution < -0.4 is 16.4 Å². The third kappa shape index (κ3) is 5.98. The first-order chi connectivity index (χ1) is 19.5. The fraction of sp³-hybridized carbons (Fsp3) is 0.615. The summed E-state index contributed by atoms with van der Waals surface area (Å²) < 4.78 is 60.3. The summed E-state index contributed by atoms with van der Waals surface area (Å²) in [5, 5.41) is 17.2. The molecule has 3 aliphatic carbocycles. The van der Waals surface area contributed by atoms with E-state index in [0.717, 1.165) is 18.4 Å². The number of aromatic nitrogens is 5. The zero-order chi connectivity index (χ0) is 28.9. The molecule has 3 aromatic rings. The summed E-state index contributed by atoms with van der Waals surface area (Å²) in [4.78, 5) is 30.3. The summed E-state index contributed by atoms with van der Waals surface area (Å²) in [6, 6.07) is 0.712. The first-order valence-electron chi connectivity index (χ1n) is 13.8. The van der Waals surface area contributed by atoms with E-state index in [1.807, 2.05) is 0 Å². The van der Waals surface area contributed by atoms with Gasteiger partial charge in [-0.1, -0.05) is 0 Å². The van der Waals surface area contributed by atoms with E-state index >= 15 is 0 Å². The van der Waals surface area contributed by atoms with Gasteiger partial charge in [0.15, 0.2) is 5.65 Å². The van der Waals surface area contributed by atoms with Crippen LogP contribution in [0.3, 0.4) is 0 Å².